The highest BCUT2D eigenvalue weighted by Crippen LogP contribution is 2.29. The Morgan fingerprint density at radius 3 is 2.90 bits per heavy atom. The van der Waals surface area contributed by atoms with Gasteiger partial charge in [0.25, 0.3) is 0 Å². The second-order valence-corrected chi connectivity index (χ2v) is 5.78. The molecule has 0 spiro atoms. The summed E-state index contributed by atoms with van der Waals surface area (Å²) in [6.45, 7) is 3.03. The SMILES string of the molecule is CCCn1c(-c2ccc(I)c(O)c2)nc2cnccc21. The fourth-order valence-electron chi connectivity index (χ4n) is 2.30. The van der Waals surface area contributed by atoms with E-state index in [1.165, 1.54) is 0 Å². The summed E-state index contributed by atoms with van der Waals surface area (Å²) >= 11 is 2.11. The molecule has 3 aromatic rings. The van der Waals surface area contributed by atoms with Crippen molar-refractivity contribution in [3.8, 4) is 17.1 Å². The van der Waals surface area contributed by atoms with E-state index >= 15 is 0 Å². The number of phenols is 1. The third kappa shape index (κ3) is 2.26. The number of aromatic nitrogens is 3. The fraction of sp³-hybridized carbons (Fsp3) is 0.200. The van der Waals surface area contributed by atoms with Gasteiger partial charge in [0.05, 0.1) is 15.3 Å². The predicted molar refractivity (Wildman–Crippen MR) is 87.6 cm³/mol. The van der Waals surface area contributed by atoms with Crippen molar-refractivity contribution in [2.24, 2.45) is 0 Å². The van der Waals surface area contributed by atoms with Crippen LogP contribution in [0.1, 0.15) is 13.3 Å². The normalized spacial score (nSPS) is 11.1. The van der Waals surface area contributed by atoms with Crippen LogP contribution < -0.4 is 0 Å². The molecule has 0 aliphatic rings. The van der Waals surface area contributed by atoms with Gasteiger partial charge in [0.15, 0.2) is 0 Å². The number of phenolic OH excluding ortho intramolecular Hbond substituents is 1. The first-order chi connectivity index (χ1) is 9.70. The minimum atomic E-state index is 0.288. The lowest BCUT2D eigenvalue weighted by Gasteiger charge is -2.08. The zero-order chi connectivity index (χ0) is 14.1. The lowest BCUT2D eigenvalue weighted by molar-refractivity contribution is 0.471. The van der Waals surface area contributed by atoms with Gasteiger partial charge in [-0.05, 0) is 53.3 Å². The summed E-state index contributed by atoms with van der Waals surface area (Å²) in [6.07, 6.45) is 4.58. The van der Waals surface area contributed by atoms with Gasteiger partial charge in [0.2, 0.25) is 0 Å². The zero-order valence-corrected chi connectivity index (χ0v) is 13.2. The molecule has 1 N–H and O–H groups in total. The Morgan fingerprint density at radius 1 is 1.30 bits per heavy atom. The molecule has 5 heteroatoms. The van der Waals surface area contributed by atoms with Crippen LogP contribution in [0.15, 0.2) is 36.7 Å². The van der Waals surface area contributed by atoms with E-state index in [1.807, 2.05) is 18.2 Å². The van der Waals surface area contributed by atoms with Crippen molar-refractivity contribution in [1.82, 2.24) is 14.5 Å². The average molecular weight is 379 g/mol. The summed E-state index contributed by atoms with van der Waals surface area (Å²) in [4.78, 5) is 8.79. The van der Waals surface area contributed by atoms with Crippen molar-refractivity contribution in [2.45, 2.75) is 19.9 Å². The number of nitrogens with zero attached hydrogens (tertiary/aromatic N) is 3. The first-order valence-corrected chi connectivity index (χ1v) is 7.57. The Bertz CT molecular complexity index is 767. The van der Waals surface area contributed by atoms with E-state index in [-0.39, 0.29) is 5.75 Å². The lowest BCUT2D eigenvalue weighted by atomic mass is 10.2. The van der Waals surface area contributed by atoms with Crippen LogP contribution in [-0.2, 0) is 6.54 Å². The number of aryl methyl sites for hydroxylation is 1. The van der Waals surface area contributed by atoms with Gasteiger partial charge in [0, 0.05) is 18.3 Å². The maximum atomic E-state index is 9.90. The van der Waals surface area contributed by atoms with Crippen molar-refractivity contribution in [1.29, 1.82) is 0 Å². The van der Waals surface area contributed by atoms with Gasteiger partial charge in [0.1, 0.15) is 17.1 Å². The Labute approximate surface area is 130 Å². The van der Waals surface area contributed by atoms with Gasteiger partial charge in [-0.25, -0.2) is 4.98 Å². The number of imidazole rings is 1. The van der Waals surface area contributed by atoms with Crippen LogP contribution in [0.3, 0.4) is 0 Å². The van der Waals surface area contributed by atoms with Gasteiger partial charge in [-0.3, -0.25) is 4.98 Å². The Hall–Kier alpha value is -1.63. The van der Waals surface area contributed by atoms with Crippen LogP contribution in [0, 0.1) is 3.57 Å². The van der Waals surface area contributed by atoms with E-state index in [9.17, 15) is 5.11 Å². The minimum absolute atomic E-state index is 0.288. The highest BCUT2D eigenvalue weighted by atomic mass is 127. The third-order valence-corrected chi connectivity index (χ3v) is 4.11. The minimum Gasteiger partial charge on any atom is -0.507 e. The first kappa shape index (κ1) is 13.4. The van der Waals surface area contributed by atoms with Gasteiger partial charge < -0.3 is 9.67 Å². The highest BCUT2D eigenvalue weighted by molar-refractivity contribution is 14.1. The maximum absolute atomic E-state index is 9.90. The summed E-state index contributed by atoms with van der Waals surface area (Å²) in [5.41, 5.74) is 2.89. The van der Waals surface area contributed by atoms with Crippen molar-refractivity contribution in [2.75, 3.05) is 0 Å². The van der Waals surface area contributed by atoms with Crippen molar-refractivity contribution >= 4 is 33.6 Å². The van der Waals surface area contributed by atoms with Crippen LogP contribution in [0.2, 0.25) is 0 Å². The largest absolute Gasteiger partial charge is 0.507 e. The number of rotatable bonds is 3. The molecule has 102 valence electrons. The molecule has 0 radical (unpaired) electrons. The van der Waals surface area contributed by atoms with E-state index in [4.69, 9.17) is 0 Å². The monoisotopic (exact) mass is 379 g/mol. The Morgan fingerprint density at radius 2 is 2.15 bits per heavy atom. The second-order valence-electron chi connectivity index (χ2n) is 4.62. The van der Waals surface area contributed by atoms with Crippen LogP contribution >= 0.6 is 22.6 Å². The quantitative estimate of drug-likeness (QED) is 0.704. The van der Waals surface area contributed by atoms with Crippen molar-refractivity contribution in [3.05, 3.63) is 40.2 Å². The van der Waals surface area contributed by atoms with Crippen LogP contribution in [-0.4, -0.2) is 19.6 Å². The number of hydrogen-bond acceptors (Lipinski definition) is 3. The third-order valence-electron chi connectivity index (χ3n) is 3.20. The van der Waals surface area contributed by atoms with Crippen LogP contribution in [0.25, 0.3) is 22.4 Å². The summed E-state index contributed by atoms with van der Waals surface area (Å²) in [5, 5.41) is 9.90. The van der Waals surface area contributed by atoms with E-state index in [0.29, 0.717) is 0 Å². The molecule has 20 heavy (non-hydrogen) atoms. The highest BCUT2D eigenvalue weighted by Gasteiger charge is 2.13. The Kier molecular flexibility index (Phi) is 3.60. The molecule has 2 heterocycles. The van der Waals surface area contributed by atoms with Crippen LogP contribution in [0.5, 0.6) is 5.75 Å². The summed E-state index contributed by atoms with van der Waals surface area (Å²) in [5.74, 6) is 1.16. The molecule has 0 atom stereocenters. The van der Waals surface area contributed by atoms with E-state index in [1.54, 1.807) is 18.5 Å². The Balaban J connectivity index is 2.23. The number of pyridine rings is 1. The molecule has 0 saturated heterocycles. The molecule has 0 bridgehead atoms. The van der Waals surface area contributed by atoms with E-state index < -0.39 is 0 Å². The number of benzene rings is 1. The topological polar surface area (TPSA) is 50.9 Å². The number of halogens is 1. The van der Waals surface area contributed by atoms with Crippen molar-refractivity contribution < 1.29 is 5.11 Å². The standard InChI is InChI=1S/C15H14IN3O/c1-2-7-19-13-5-6-17-9-12(13)18-15(19)10-3-4-11(16)14(20)8-10/h3-6,8-9,20H,2,7H2,1H3. The van der Waals surface area contributed by atoms with Gasteiger partial charge in [-0.1, -0.05) is 6.92 Å². The van der Waals surface area contributed by atoms with Gasteiger partial charge in [-0.2, -0.15) is 0 Å². The molecular weight excluding hydrogens is 365 g/mol. The van der Waals surface area contributed by atoms with Crippen molar-refractivity contribution in [3.63, 3.8) is 0 Å². The smallest absolute Gasteiger partial charge is 0.141 e. The molecule has 0 amide bonds. The maximum Gasteiger partial charge on any atom is 0.141 e. The molecule has 0 aliphatic carbocycles. The zero-order valence-electron chi connectivity index (χ0n) is 11.0. The molecule has 2 aromatic heterocycles. The summed E-state index contributed by atoms with van der Waals surface area (Å²) in [6, 6.07) is 7.64. The van der Waals surface area contributed by atoms with E-state index in [2.05, 4.69) is 44.0 Å². The molecular formula is C15H14IN3O. The molecule has 3 rings (SSSR count). The molecule has 0 aliphatic heterocycles. The summed E-state index contributed by atoms with van der Waals surface area (Å²) < 4.78 is 3.02. The van der Waals surface area contributed by atoms with Gasteiger partial charge in [-0.15, -0.1) is 0 Å². The average Bonchev–Trinajstić information content (AvgIpc) is 2.82. The molecule has 0 unspecified atom stereocenters. The predicted octanol–water partition coefficient (Wildman–Crippen LogP) is 3.82. The lowest BCUT2D eigenvalue weighted by Crippen LogP contribution is -1.99. The molecule has 1 aromatic carbocycles. The molecule has 4 nitrogen and oxygen atoms in total. The molecule has 0 saturated carbocycles. The second kappa shape index (κ2) is 5.40. The molecule has 0 fully saturated rings. The summed E-state index contributed by atoms with van der Waals surface area (Å²) in [7, 11) is 0. The number of fused-ring (bicyclic) bond motifs is 1. The number of aromatic hydroxyl groups is 1. The number of hydrogen-bond donors (Lipinski definition) is 1. The first-order valence-electron chi connectivity index (χ1n) is 6.50. The fourth-order valence-corrected chi connectivity index (χ4v) is 2.64. The van der Waals surface area contributed by atoms with Gasteiger partial charge >= 0.3 is 0 Å². The van der Waals surface area contributed by atoms with Crippen LogP contribution in [0.4, 0.5) is 0 Å². The van der Waals surface area contributed by atoms with E-state index in [0.717, 1.165) is 39.0 Å².